The highest BCUT2D eigenvalue weighted by Crippen LogP contribution is 2.42. The Morgan fingerprint density at radius 1 is 1.09 bits per heavy atom. The summed E-state index contributed by atoms with van der Waals surface area (Å²) in [4.78, 5) is 39.4. The molecule has 3 aliphatic heterocycles. The minimum atomic E-state index is -0.922. The van der Waals surface area contributed by atoms with E-state index in [0.717, 1.165) is 44.0 Å². The molecule has 11 nitrogen and oxygen atoms in total. The van der Waals surface area contributed by atoms with E-state index in [2.05, 4.69) is 44.0 Å². The van der Waals surface area contributed by atoms with Crippen molar-refractivity contribution in [1.82, 2.24) is 14.9 Å². The zero-order valence-electron chi connectivity index (χ0n) is 24.9. The van der Waals surface area contributed by atoms with Crippen LogP contribution in [0.15, 0.2) is 60.6 Å². The minimum absolute atomic E-state index is 0.00706. The third-order valence-electron chi connectivity index (χ3n) is 8.20. The fraction of sp³-hybridized carbons (Fsp3) is 0.281. The first-order chi connectivity index (χ1) is 21.7. The standard InChI is InChI=1S/C32H31F2N7O4/c1-5-30(43)36-23-10-24(28(44-4)11-25(23)41-15-19-13-39(2)14-20(19)16-41)37-32-35-12-18-8-29(26(17-42)40(3)31(18)38-32)45-27-7-6-21(33)9-22(27)34/h5-12,19-20H,1,13-16H2,2-4H3,(H,36,43)(H,35,37,38)/t19-,20+. The molecule has 6 rings (SSSR count). The largest absolute Gasteiger partial charge is 0.494 e. The van der Waals surface area contributed by atoms with Crippen LogP contribution in [0.5, 0.6) is 11.5 Å². The Labute approximate surface area is 258 Å². The molecule has 3 aliphatic rings. The Kier molecular flexibility index (Phi) is 7.96. The molecule has 0 aliphatic carbocycles. The Hall–Kier alpha value is -5.26. The molecule has 0 unspecified atom stereocenters. The van der Waals surface area contributed by atoms with Gasteiger partial charge < -0.3 is 34.8 Å². The van der Waals surface area contributed by atoms with Crippen LogP contribution in [0.4, 0.5) is 37.6 Å². The Morgan fingerprint density at radius 3 is 2.51 bits per heavy atom. The molecule has 2 fully saturated rings. The van der Waals surface area contributed by atoms with Crippen molar-refractivity contribution in [2.24, 2.45) is 11.8 Å². The molecule has 1 amide bonds. The average molecular weight is 616 g/mol. The molecule has 0 saturated carbocycles. The topological polar surface area (TPSA) is 112 Å². The molecule has 4 heterocycles. The van der Waals surface area contributed by atoms with Gasteiger partial charge in [0.1, 0.15) is 17.4 Å². The Bertz CT molecular complexity index is 1760. The quantitative estimate of drug-likeness (QED) is 0.282. The van der Waals surface area contributed by atoms with E-state index in [-0.39, 0.29) is 29.1 Å². The van der Waals surface area contributed by atoms with Gasteiger partial charge in [0.25, 0.3) is 0 Å². The van der Waals surface area contributed by atoms with Crippen molar-refractivity contribution in [2.45, 2.75) is 0 Å². The van der Waals surface area contributed by atoms with Crippen LogP contribution in [0.3, 0.4) is 0 Å². The van der Waals surface area contributed by atoms with E-state index in [1.807, 2.05) is 12.0 Å². The normalized spacial score (nSPS) is 19.0. The van der Waals surface area contributed by atoms with Crippen LogP contribution in [-0.4, -0.2) is 74.1 Å². The van der Waals surface area contributed by atoms with Crippen LogP contribution >= 0.6 is 0 Å². The summed E-state index contributed by atoms with van der Waals surface area (Å²) in [7, 11) is 5.27. The maximum atomic E-state index is 14.3. The molecule has 0 radical (unpaired) electrons. The van der Waals surface area contributed by atoms with Crippen LogP contribution in [0.1, 0.15) is 5.56 Å². The van der Waals surface area contributed by atoms with Gasteiger partial charge in [-0.1, -0.05) is 6.58 Å². The maximum Gasteiger partial charge on any atom is 0.247 e. The van der Waals surface area contributed by atoms with Crippen molar-refractivity contribution in [3.05, 3.63) is 77.8 Å². The number of halogens is 2. The number of rotatable bonds is 8. The second-order valence-corrected chi connectivity index (χ2v) is 11.2. The monoisotopic (exact) mass is 615 g/mol. The van der Waals surface area contributed by atoms with Gasteiger partial charge in [0.2, 0.25) is 11.9 Å². The second kappa shape index (κ2) is 12.0. The summed E-state index contributed by atoms with van der Waals surface area (Å²) in [6.45, 7) is 7.38. The van der Waals surface area contributed by atoms with E-state index < -0.39 is 11.6 Å². The highest BCUT2D eigenvalue weighted by atomic mass is 19.1. The van der Waals surface area contributed by atoms with Crippen molar-refractivity contribution in [1.29, 1.82) is 0 Å². The van der Waals surface area contributed by atoms with E-state index in [9.17, 15) is 18.4 Å². The van der Waals surface area contributed by atoms with Gasteiger partial charge in [-0.15, -0.1) is 0 Å². The number of hydrogen-bond donors (Lipinski definition) is 2. The van der Waals surface area contributed by atoms with Crippen molar-refractivity contribution in [2.75, 3.05) is 67.8 Å². The summed E-state index contributed by atoms with van der Waals surface area (Å²) in [6.07, 6.45) is 4.20. The summed E-state index contributed by atoms with van der Waals surface area (Å²) in [5.74, 6) is 1.64. The van der Waals surface area contributed by atoms with Gasteiger partial charge in [-0.2, -0.15) is 4.98 Å². The number of hydrogen-bond acceptors (Lipinski definition) is 10. The van der Waals surface area contributed by atoms with Crippen LogP contribution in [0, 0.1) is 23.5 Å². The summed E-state index contributed by atoms with van der Waals surface area (Å²) in [5.41, 5.74) is 2.35. The van der Waals surface area contributed by atoms with E-state index in [0.29, 0.717) is 46.4 Å². The fourth-order valence-corrected chi connectivity index (χ4v) is 6.09. The molecule has 45 heavy (non-hydrogen) atoms. The van der Waals surface area contributed by atoms with Crippen LogP contribution in [0.2, 0.25) is 0 Å². The lowest BCUT2D eigenvalue weighted by molar-refractivity contribution is -0.111. The van der Waals surface area contributed by atoms with Gasteiger partial charge >= 0.3 is 0 Å². The predicted octanol–water partition coefficient (Wildman–Crippen LogP) is 4.21. The number of benzene rings is 2. The number of nitrogens with one attached hydrogen (secondary N) is 2. The maximum absolute atomic E-state index is 14.3. The number of nitrogens with zero attached hydrogens (tertiary/aromatic N) is 5. The van der Waals surface area contributed by atoms with E-state index in [4.69, 9.17) is 9.47 Å². The number of carbonyl (C=O) groups excluding carboxylic acids is 2. The number of fused-ring (bicyclic) bond motifs is 2. The summed E-state index contributed by atoms with van der Waals surface area (Å²) >= 11 is 0. The lowest BCUT2D eigenvalue weighted by Gasteiger charge is -2.27. The molecular formula is C32H31F2N7O4. The number of aromatic nitrogens is 2. The zero-order valence-corrected chi connectivity index (χ0v) is 24.9. The molecule has 232 valence electrons. The summed E-state index contributed by atoms with van der Waals surface area (Å²) < 4.78 is 39.0. The third-order valence-corrected chi connectivity index (χ3v) is 8.20. The first-order valence-electron chi connectivity index (χ1n) is 14.2. The van der Waals surface area contributed by atoms with Gasteiger partial charge in [0.05, 0.1) is 24.2 Å². The minimum Gasteiger partial charge on any atom is -0.494 e. The smallest absolute Gasteiger partial charge is 0.247 e. The highest BCUT2D eigenvalue weighted by Gasteiger charge is 2.39. The van der Waals surface area contributed by atoms with Gasteiger partial charge in [0.15, 0.2) is 29.0 Å². The number of methoxy groups -OCH3 is 1. The fourth-order valence-electron chi connectivity index (χ4n) is 6.09. The molecule has 2 N–H and O–H groups in total. The Balaban J connectivity index is 1.31. The number of amides is 1. The molecule has 1 aromatic heterocycles. The van der Waals surface area contributed by atoms with Crippen LogP contribution in [-0.2, 0) is 9.59 Å². The van der Waals surface area contributed by atoms with Crippen LogP contribution < -0.4 is 29.9 Å². The molecular weight excluding hydrogens is 584 g/mol. The molecule has 0 bridgehead atoms. The predicted molar refractivity (Wildman–Crippen MR) is 166 cm³/mol. The summed E-state index contributed by atoms with van der Waals surface area (Å²) in [5, 5.41) is 6.09. The molecule has 0 spiro atoms. The first kappa shape index (κ1) is 29.8. The molecule has 2 saturated heterocycles. The number of likely N-dealkylation sites (N-methyl/N-ethyl adjacent to an activating group) is 1. The molecule has 3 aromatic rings. The lowest BCUT2D eigenvalue weighted by atomic mass is 10.0. The molecule has 2 aromatic carbocycles. The number of likely N-dealkylation sites (tertiary alicyclic amines) is 1. The zero-order chi connectivity index (χ0) is 31.8. The van der Waals surface area contributed by atoms with Gasteiger partial charge in [-0.3, -0.25) is 4.79 Å². The first-order valence-corrected chi connectivity index (χ1v) is 14.2. The van der Waals surface area contributed by atoms with Gasteiger partial charge in [-0.05, 0) is 49.2 Å². The van der Waals surface area contributed by atoms with Crippen molar-refractivity contribution in [3.8, 4) is 11.5 Å². The van der Waals surface area contributed by atoms with Gasteiger partial charge in [0, 0.05) is 57.1 Å². The van der Waals surface area contributed by atoms with Gasteiger partial charge in [-0.25, -0.2) is 18.6 Å². The molecule has 13 heteroatoms. The van der Waals surface area contributed by atoms with E-state index >= 15 is 0 Å². The van der Waals surface area contributed by atoms with E-state index in [1.165, 1.54) is 23.2 Å². The number of anilines is 5. The second-order valence-electron chi connectivity index (χ2n) is 11.2. The van der Waals surface area contributed by atoms with E-state index in [1.54, 1.807) is 20.2 Å². The third kappa shape index (κ3) is 5.83. The van der Waals surface area contributed by atoms with Crippen molar-refractivity contribution >= 4 is 46.8 Å². The lowest BCUT2D eigenvalue weighted by Crippen LogP contribution is -2.27. The summed E-state index contributed by atoms with van der Waals surface area (Å²) in [6, 6.07) is 6.51. The Morgan fingerprint density at radius 2 is 1.84 bits per heavy atom. The average Bonchev–Trinajstić information content (AvgIpc) is 3.56. The SMILES string of the molecule is C=CC(=O)Nc1cc(Nc2ncc3c(n2)N(C)C(=C=O)C(Oc2ccc(F)cc2F)=C3)c(OC)cc1N1C[C@H]2CN(C)C[C@H]2C1. The highest BCUT2D eigenvalue weighted by molar-refractivity contribution is 6.02. The number of ether oxygens (including phenoxy) is 2. The van der Waals surface area contributed by atoms with Crippen molar-refractivity contribution < 1.29 is 27.8 Å². The van der Waals surface area contributed by atoms with Crippen LogP contribution in [0.25, 0.3) is 6.08 Å². The molecule has 2 atom stereocenters. The number of carbonyl (C=O) groups is 1. The van der Waals surface area contributed by atoms with Crippen molar-refractivity contribution in [3.63, 3.8) is 0 Å².